The van der Waals surface area contributed by atoms with E-state index < -0.39 is 0 Å². The highest BCUT2D eigenvalue weighted by molar-refractivity contribution is 9.10. The molecule has 3 aromatic rings. The Labute approximate surface area is 170 Å². The molecule has 0 bridgehead atoms. The first-order valence-electron chi connectivity index (χ1n) is 8.50. The molecule has 1 amide bonds. The molecule has 0 spiro atoms. The summed E-state index contributed by atoms with van der Waals surface area (Å²) in [5, 5.41) is 13.8. The summed E-state index contributed by atoms with van der Waals surface area (Å²) in [7, 11) is 1.71. The highest BCUT2D eigenvalue weighted by Crippen LogP contribution is 2.20. The fourth-order valence-corrected chi connectivity index (χ4v) is 3.20. The van der Waals surface area contributed by atoms with Crippen LogP contribution >= 0.6 is 27.5 Å². The van der Waals surface area contributed by atoms with Crippen LogP contribution in [0.1, 0.15) is 34.5 Å². The van der Waals surface area contributed by atoms with Crippen molar-refractivity contribution in [1.82, 2.24) is 34.2 Å². The van der Waals surface area contributed by atoms with Crippen LogP contribution in [0.3, 0.4) is 0 Å². The SMILES string of the molecule is CCn1cc(Cl)c(CN(C)C(=O)c2ccn(Cn3nc(C)c(Br)c3C)n2)n1. The summed E-state index contributed by atoms with van der Waals surface area (Å²) in [4.78, 5) is 14.2. The number of amides is 1. The average Bonchev–Trinajstić information content (AvgIpc) is 3.31. The molecule has 3 heterocycles. The highest BCUT2D eigenvalue weighted by atomic mass is 79.9. The Hall–Kier alpha value is -2.13. The Kier molecular flexibility index (Phi) is 5.71. The van der Waals surface area contributed by atoms with Crippen molar-refractivity contribution in [2.75, 3.05) is 7.05 Å². The van der Waals surface area contributed by atoms with Gasteiger partial charge in [0.25, 0.3) is 5.91 Å². The van der Waals surface area contributed by atoms with E-state index in [1.807, 2.05) is 25.5 Å². The minimum absolute atomic E-state index is 0.189. The average molecular weight is 455 g/mol. The predicted octanol–water partition coefficient (Wildman–Crippen LogP) is 3.11. The van der Waals surface area contributed by atoms with Crippen LogP contribution in [0.25, 0.3) is 0 Å². The van der Waals surface area contributed by atoms with Crippen molar-refractivity contribution in [3.05, 3.63) is 50.7 Å². The first kappa shape index (κ1) is 19.6. The lowest BCUT2D eigenvalue weighted by molar-refractivity contribution is 0.0776. The normalized spacial score (nSPS) is 11.2. The summed E-state index contributed by atoms with van der Waals surface area (Å²) in [6, 6.07) is 1.70. The van der Waals surface area contributed by atoms with E-state index in [9.17, 15) is 4.79 Å². The molecule has 0 atom stereocenters. The first-order chi connectivity index (χ1) is 12.8. The third kappa shape index (κ3) is 4.08. The number of aryl methyl sites for hydroxylation is 2. The second-order valence-electron chi connectivity index (χ2n) is 6.31. The summed E-state index contributed by atoms with van der Waals surface area (Å²) in [5.74, 6) is -0.189. The zero-order valence-electron chi connectivity index (χ0n) is 15.6. The summed E-state index contributed by atoms with van der Waals surface area (Å²) >= 11 is 9.70. The summed E-state index contributed by atoms with van der Waals surface area (Å²) in [6.45, 7) is 7.38. The Balaban J connectivity index is 1.70. The predicted molar refractivity (Wildman–Crippen MR) is 106 cm³/mol. The van der Waals surface area contributed by atoms with Gasteiger partial charge in [0.05, 0.1) is 27.4 Å². The van der Waals surface area contributed by atoms with Crippen molar-refractivity contribution in [3.63, 3.8) is 0 Å². The van der Waals surface area contributed by atoms with Crippen LogP contribution in [0, 0.1) is 13.8 Å². The summed E-state index contributed by atoms with van der Waals surface area (Å²) < 4.78 is 6.25. The highest BCUT2D eigenvalue weighted by Gasteiger charge is 2.18. The molecule has 10 heteroatoms. The Morgan fingerprint density at radius 3 is 2.59 bits per heavy atom. The van der Waals surface area contributed by atoms with E-state index in [4.69, 9.17) is 11.6 Å². The maximum absolute atomic E-state index is 12.7. The molecular weight excluding hydrogens is 434 g/mol. The summed E-state index contributed by atoms with van der Waals surface area (Å²) in [5.41, 5.74) is 2.96. The molecule has 0 aromatic carbocycles. The van der Waals surface area contributed by atoms with Gasteiger partial charge < -0.3 is 4.90 Å². The van der Waals surface area contributed by atoms with Crippen molar-refractivity contribution in [2.45, 2.75) is 40.5 Å². The number of nitrogens with zero attached hydrogens (tertiary/aromatic N) is 7. The summed E-state index contributed by atoms with van der Waals surface area (Å²) in [6.07, 6.45) is 3.53. The molecule has 0 saturated carbocycles. The molecule has 0 aliphatic carbocycles. The number of aromatic nitrogens is 6. The molecular formula is C17H21BrClN7O. The van der Waals surface area contributed by atoms with Gasteiger partial charge in [-0.15, -0.1) is 0 Å². The monoisotopic (exact) mass is 453 g/mol. The smallest absolute Gasteiger partial charge is 0.274 e. The molecule has 0 fully saturated rings. The lowest BCUT2D eigenvalue weighted by Crippen LogP contribution is -2.27. The maximum Gasteiger partial charge on any atom is 0.274 e. The van der Waals surface area contributed by atoms with E-state index in [0.29, 0.717) is 29.6 Å². The van der Waals surface area contributed by atoms with Crippen molar-refractivity contribution < 1.29 is 4.79 Å². The van der Waals surface area contributed by atoms with Crippen LogP contribution < -0.4 is 0 Å². The van der Waals surface area contributed by atoms with E-state index in [2.05, 4.69) is 31.2 Å². The van der Waals surface area contributed by atoms with Gasteiger partial charge >= 0.3 is 0 Å². The van der Waals surface area contributed by atoms with Gasteiger partial charge in [-0.05, 0) is 42.8 Å². The molecule has 0 radical (unpaired) electrons. The number of hydrogen-bond acceptors (Lipinski definition) is 4. The van der Waals surface area contributed by atoms with E-state index in [1.165, 1.54) is 0 Å². The molecule has 0 N–H and O–H groups in total. The van der Waals surface area contributed by atoms with Gasteiger partial charge in [-0.1, -0.05) is 11.6 Å². The lowest BCUT2D eigenvalue weighted by Gasteiger charge is -2.14. The number of rotatable bonds is 6. The van der Waals surface area contributed by atoms with Gasteiger partial charge in [0.15, 0.2) is 0 Å². The third-order valence-electron chi connectivity index (χ3n) is 4.28. The molecule has 27 heavy (non-hydrogen) atoms. The number of halogens is 2. The van der Waals surface area contributed by atoms with Crippen LogP contribution in [0.15, 0.2) is 22.9 Å². The van der Waals surface area contributed by atoms with E-state index in [1.54, 1.807) is 39.8 Å². The van der Waals surface area contributed by atoms with Crippen molar-refractivity contribution in [3.8, 4) is 0 Å². The molecule has 3 rings (SSSR count). The zero-order valence-corrected chi connectivity index (χ0v) is 18.0. The minimum Gasteiger partial charge on any atom is -0.334 e. The fourth-order valence-electron chi connectivity index (χ4n) is 2.70. The Bertz CT molecular complexity index is 974. The van der Waals surface area contributed by atoms with Gasteiger partial charge in [0.2, 0.25) is 0 Å². The molecule has 8 nitrogen and oxygen atoms in total. The second-order valence-corrected chi connectivity index (χ2v) is 7.51. The van der Waals surface area contributed by atoms with Crippen LogP contribution in [0.2, 0.25) is 5.02 Å². The molecule has 144 valence electrons. The van der Waals surface area contributed by atoms with Crippen LogP contribution in [0.5, 0.6) is 0 Å². The molecule has 0 aliphatic heterocycles. The zero-order chi connectivity index (χ0) is 19.7. The largest absolute Gasteiger partial charge is 0.334 e. The van der Waals surface area contributed by atoms with Crippen LogP contribution in [-0.4, -0.2) is 47.2 Å². The van der Waals surface area contributed by atoms with E-state index >= 15 is 0 Å². The van der Waals surface area contributed by atoms with E-state index in [0.717, 1.165) is 22.4 Å². The second kappa shape index (κ2) is 7.85. The van der Waals surface area contributed by atoms with Crippen LogP contribution in [0.4, 0.5) is 0 Å². The standard InChI is InChI=1S/C17H21BrClN7O/c1-5-24-8-13(19)15(22-24)9-23(4)17(27)14-6-7-25(21-14)10-26-12(3)16(18)11(2)20-26/h6-8H,5,9-10H2,1-4H3. The third-order valence-corrected chi connectivity index (χ3v) is 5.74. The fraction of sp³-hybridized carbons (Fsp3) is 0.412. The van der Waals surface area contributed by atoms with E-state index in [-0.39, 0.29) is 5.91 Å². The van der Waals surface area contributed by atoms with Gasteiger partial charge in [0, 0.05) is 26.0 Å². The molecule has 0 aliphatic rings. The lowest BCUT2D eigenvalue weighted by atomic mass is 10.3. The minimum atomic E-state index is -0.189. The van der Waals surface area contributed by atoms with Crippen molar-refractivity contribution >= 4 is 33.4 Å². The van der Waals surface area contributed by atoms with Gasteiger partial charge in [0.1, 0.15) is 18.1 Å². The van der Waals surface area contributed by atoms with Gasteiger partial charge in [-0.2, -0.15) is 15.3 Å². The molecule has 0 saturated heterocycles. The van der Waals surface area contributed by atoms with Crippen molar-refractivity contribution in [1.29, 1.82) is 0 Å². The maximum atomic E-state index is 12.7. The van der Waals surface area contributed by atoms with Crippen LogP contribution in [-0.2, 0) is 19.8 Å². The Morgan fingerprint density at radius 1 is 1.26 bits per heavy atom. The quantitative estimate of drug-likeness (QED) is 0.574. The Morgan fingerprint density at radius 2 is 2.00 bits per heavy atom. The number of carbonyl (C=O) groups excluding carboxylic acids is 1. The van der Waals surface area contributed by atoms with Gasteiger partial charge in [-0.3, -0.25) is 14.2 Å². The van der Waals surface area contributed by atoms with Gasteiger partial charge in [-0.25, -0.2) is 4.68 Å². The number of carbonyl (C=O) groups is 1. The van der Waals surface area contributed by atoms with Crippen molar-refractivity contribution in [2.24, 2.45) is 0 Å². The first-order valence-corrected chi connectivity index (χ1v) is 9.67. The molecule has 3 aromatic heterocycles. The molecule has 0 unspecified atom stereocenters. The number of hydrogen-bond donors (Lipinski definition) is 0. The topological polar surface area (TPSA) is 73.8 Å².